The largest absolute Gasteiger partial charge is 0.326 e. The highest BCUT2D eigenvalue weighted by Gasteiger charge is 2.23. The molecule has 0 amide bonds. The summed E-state index contributed by atoms with van der Waals surface area (Å²) in [5.41, 5.74) is 6.02. The molecule has 1 aromatic carbocycles. The molecular weight excluding hydrogens is 288 g/mol. The van der Waals surface area contributed by atoms with Crippen LogP contribution in [0, 0.1) is 0 Å². The van der Waals surface area contributed by atoms with Crippen LogP contribution in [0.1, 0.15) is 5.56 Å². The van der Waals surface area contributed by atoms with Crippen LogP contribution >= 0.6 is 0 Å². The van der Waals surface area contributed by atoms with E-state index in [4.69, 9.17) is 5.73 Å². The number of hydrogen-bond donors (Lipinski definition) is 1. The first kappa shape index (κ1) is 16.1. The topological polar surface area (TPSA) is 97.5 Å². The number of hydrogen-bond acceptors (Lipinski definition) is 5. The van der Waals surface area contributed by atoms with Crippen LogP contribution in [0.2, 0.25) is 0 Å². The molecule has 8 heteroatoms. The smallest absolute Gasteiger partial charge is 0.243 e. The summed E-state index contributed by atoms with van der Waals surface area (Å²) >= 11 is 0. The van der Waals surface area contributed by atoms with E-state index in [2.05, 4.69) is 0 Å². The SMILES string of the molecule is CN(CCS(C)(=O)=O)S(=O)(=O)c1ccccc1CN. The number of nitrogens with two attached hydrogens (primary N) is 1. The second kappa shape index (κ2) is 6.00. The predicted octanol–water partition coefficient (Wildman–Crippen LogP) is -0.190. The van der Waals surface area contributed by atoms with Crippen LogP contribution in [0.4, 0.5) is 0 Å². The first-order valence-corrected chi connectivity index (χ1v) is 9.10. The second-order valence-corrected chi connectivity index (χ2v) is 8.54. The predicted molar refractivity (Wildman–Crippen MR) is 73.9 cm³/mol. The van der Waals surface area contributed by atoms with E-state index in [0.29, 0.717) is 5.56 Å². The summed E-state index contributed by atoms with van der Waals surface area (Å²) in [6.07, 6.45) is 1.07. The number of sulfone groups is 1. The minimum Gasteiger partial charge on any atom is -0.326 e. The lowest BCUT2D eigenvalue weighted by Gasteiger charge is -2.18. The molecule has 0 spiro atoms. The summed E-state index contributed by atoms with van der Waals surface area (Å²) in [6.45, 7) is 0.0232. The lowest BCUT2D eigenvalue weighted by Crippen LogP contribution is -2.32. The lowest BCUT2D eigenvalue weighted by atomic mass is 10.2. The third kappa shape index (κ3) is 4.27. The van der Waals surface area contributed by atoms with E-state index < -0.39 is 19.9 Å². The third-order valence-corrected chi connectivity index (χ3v) is 5.54. The van der Waals surface area contributed by atoms with Crippen LogP contribution in [0.5, 0.6) is 0 Å². The molecule has 19 heavy (non-hydrogen) atoms. The van der Waals surface area contributed by atoms with Crippen LogP contribution in [-0.4, -0.2) is 46.7 Å². The molecule has 1 rings (SSSR count). The Hall–Kier alpha value is -0.960. The molecule has 0 aliphatic rings. The molecule has 0 radical (unpaired) electrons. The minimum atomic E-state index is -3.72. The van der Waals surface area contributed by atoms with E-state index in [-0.39, 0.29) is 23.7 Å². The van der Waals surface area contributed by atoms with Gasteiger partial charge in [0.2, 0.25) is 10.0 Å². The number of nitrogens with zero attached hydrogens (tertiary/aromatic N) is 1. The van der Waals surface area contributed by atoms with E-state index in [1.54, 1.807) is 18.2 Å². The standard InChI is InChI=1S/C11H18N2O4S2/c1-13(7-8-18(2,14)15)19(16,17)11-6-4-3-5-10(11)9-12/h3-6H,7-9,12H2,1-2H3. The van der Waals surface area contributed by atoms with Crippen molar-refractivity contribution in [3.63, 3.8) is 0 Å². The molecule has 2 N–H and O–H groups in total. The Morgan fingerprint density at radius 1 is 1.16 bits per heavy atom. The lowest BCUT2D eigenvalue weighted by molar-refractivity contribution is 0.484. The van der Waals surface area contributed by atoms with Gasteiger partial charge in [-0.25, -0.2) is 16.8 Å². The Kier molecular flexibility index (Phi) is 5.08. The normalized spacial score (nSPS) is 12.8. The van der Waals surface area contributed by atoms with Gasteiger partial charge in [-0.05, 0) is 11.6 Å². The molecule has 0 aliphatic heterocycles. The zero-order valence-corrected chi connectivity index (χ0v) is 12.5. The monoisotopic (exact) mass is 306 g/mol. The van der Waals surface area contributed by atoms with E-state index >= 15 is 0 Å². The van der Waals surface area contributed by atoms with E-state index in [1.165, 1.54) is 13.1 Å². The summed E-state index contributed by atoms with van der Waals surface area (Å²) in [4.78, 5) is 0.119. The summed E-state index contributed by atoms with van der Waals surface area (Å²) < 4.78 is 47.8. The first-order valence-electron chi connectivity index (χ1n) is 5.60. The van der Waals surface area contributed by atoms with Gasteiger partial charge in [0.25, 0.3) is 0 Å². The van der Waals surface area contributed by atoms with Crippen molar-refractivity contribution in [3.8, 4) is 0 Å². The first-order chi connectivity index (χ1) is 8.68. The summed E-state index contributed by atoms with van der Waals surface area (Å²) in [6, 6.07) is 6.42. The van der Waals surface area contributed by atoms with Crippen molar-refractivity contribution in [1.82, 2.24) is 4.31 Å². The number of sulfonamides is 1. The molecule has 0 heterocycles. The van der Waals surface area contributed by atoms with Crippen molar-refractivity contribution >= 4 is 19.9 Å². The average molecular weight is 306 g/mol. The second-order valence-electron chi connectivity index (χ2n) is 4.27. The Bertz CT molecular complexity index is 638. The summed E-state index contributed by atoms with van der Waals surface area (Å²) in [5.74, 6) is -0.215. The maximum Gasteiger partial charge on any atom is 0.243 e. The van der Waals surface area contributed by atoms with Crippen molar-refractivity contribution in [3.05, 3.63) is 29.8 Å². The van der Waals surface area contributed by atoms with Gasteiger partial charge in [0.15, 0.2) is 0 Å². The van der Waals surface area contributed by atoms with Crippen LogP contribution in [-0.2, 0) is 26.4 Å². The van der Waals surface area contributed by atoms with Gasteiger partial charge < -0.3 is 5.73 Å². The molecule has 0 saturated carbocycles. The van der Waals surface area contributed by atoms with Gasteiger partial charge in [0.1, 0.15) is 9.84 Å². The molecule has 0 bridgehead atoms. The Labute approximate surface area is 114 Å². The molecule has 0 atom stereocenters. The fourth-order valence-electron chi connectivity index (χ4n) is 1.51. The third-order valence-electron chi connectivity index (χ3n) is 2.66. The molecule has 0 saturated heterocycles. The summed E-state index contributed by atoms with van der Waals surface area (Å²) in [7, 11) is -5.57. The van der Waals surface area contributed by atoms with Crippen molar-refractivity contribution in [1.29, 1.82) is 0 Å². The van der Waals surface area contributed by atoms with Crippen molar-refractivity contribution in [2.75, 3.05) is 25.6 Å². The average Bonchev–Trinajstić information content (AvgIpc) is 2.34. The molecule has 0 fully saturated rings. The van der Waals surface area contributed by atoms with Crippen molar-refractivity contribution in [2.24, 2.45) is 5.73 Å². The van der Waals surface area contributed by atoms with Gasteiger partial charge >= 0.3 is 0 Å². The zero-order chi connectivity index (χ0) is 14.7. The maximum atomic E-state index is 12.3. The highest BCUT2D eigenvalue weighted by molar-refractivity contribution is 7.91. The van der Waals surface area contributed by atoms with Crippen LogP contribution in [0.3, 0.4) is 0 Å². The molecule has 6 nitrogen and oxygen atoms in total. The van der Waals surface area contributed by atoms with E-state index in [9.17, 15) is 16.8 Å². The Balaban J connectivity index is 3.03. The van der Waals surface area contributed by atoms with Gasteiger partial charge in [-0.15, -0.1) is 0 Å². The zero-order valence-electron chi connectivity index (χ0n) is 10.9. The van der Waals surface area contributed by atoms with Crippen LogP contribution in [0.25, 0.3) is 0 Å². The van der Waals surface area contributed by atoms with Crippen molar-refractivity contribution in [2.45, 2.75) is 11.4 Å². The quantitative estimate of drug-likeness (QED) is 0.785. The Morgan fingerprint density at radius 3 is 2.26 bits per heavy atom. The van der Waals surface area contributed by atoms with Gasteiger partial charge in [-0.3, -0.25) is 0 Å². The van der Waals surface area contributed by atoms with E-state index in [0.717, 1.165) is 10.6 Å². The Morgan fingerprint density at radius 2 is 1.74 bits per heavy atom. The van der Waals surface area contributed by atoms with Gasteiger partial charge in [-0.1, -0.05) is 18.2 Å². The molecular formula is C11H18N2O4S2. The van der Waals surface area contributed by atoms with Gasteiger partial charge in [0, 0.05) is 26.4 Å². The molecule has 0 unspecified atom stereocenters. The fraction of sp³-hybridized carbons (Fsp3) is 0.455. The highest BCUT2D eigenvalue weighted by Crippen LogP contribution is 2.18. The van der Waals surface area contributed by atoms with Crippen LogP contribution in [0.15, 0.2) is 29.2 Å². The fourth-order valence-corrected chi connectivity index (χ4v) is 3.63. The maximum absolute atomic E-state index is 12.3. The molecule has 1 aromatic rings. The molecule has 108 valence electrons. The van der Waals surface area contributed by atoms with Crippen LogP contribution < -0.4 is 5.73 Å². The molecule has 0 aliphatic carbocycles. The van der Waals surface area contributed by atoms with E-state index in [1.807, 2.05) is 0 Å². The summed E-state index contributed by atoms with van der Waals surface area (Å²) in [5, 5.41) is 0. The number of benzene rings is 1. The molecule has 0 aromatic heterocycles. The van der Waals surface area contributed by atoms with Gasteiger partial charge in [-0.2, -0.15) is 4.31 Å². The number of rotatable bonds is 6. The van der Waals surface area contributed by atoms with Gasteiger partial charge in [0.05, 0.1) is 10.6 Å². The minimum absolute atomic E-state index is 0.0833. The van der Waals surface area contributed by atoms with Crippen molar-refractivity contribution < 1.29 is 16.8 Å². The highest BCUT2D eigenvalue weighted by atomic mass is 32.2.